The van der Waals surface area contributed by atoms with Gasteiger partial charge in [0.1, 0.15) is 6.04 Å². The fraction of sp³-hybridized carbons (Fsp3) is 0.250. The van der Waals surface area contributed by atoms with Crippen molar-refractivity contribution in [2.75, 3.05) is 18.4 Å². The zero-order valence-electron chi connectivity index (χ0n) is 10.4. The van der Waals surface area contributed by atoms with Gasteiger partial charge in [0.05, 0.1) is 17.1 Å². The van der Waals surface area contributed by atoms with Gasteiger partial charge >= 0.3 is 0 Å². The number of amides is 3. The van der Waals surface area contributed by atoms with Crippen molar-refractivity contribution in [3.8, 4) is 0 Å². The van der Waals surface area contributed by atoms with E-state index in [4.69, 9.17) is 17.3 Å². The summed E-state index contributed by atoms with van der Waals surface area (Å²) in [5.74, 6) is -1.14. The van der Waals surface area contributed by atoms with Crippen LogP contribution in [0.15, 0.2) is 18.2 Å². The number of anilines is 1. The van der Waals surface area contributed by atoms with Crippen molar-refractivity contribution in [2.24, 2.45) is 5.73 Å². The second-order valence-corrected chi connectivity index (χ2v) is 4.69. The molecule has 1 aliphatic heterocycles. The van der Waals surface area contributed by atoms with E-state index in [1.54, 1.807) is 6.07 Å². The molecule has 1 saturated heterocycles. The number of nitrogens with one attached hydrogen (secondary N) is 3. The average Bonchev–Trinajstić information content (AvgIpc) is 2.41. The molecule has 1 unspecified atom stereocenters. The van der Waals surface area contributed by atoms with Crippen molar-refractivity contribution in [1.82, 2.24) is 10.6 Å². The molecule has 0 aromatic heterocycles. The molecule has 1 fully saturated rings. The van der Waals surface area contributed by atoms with Crippen molar-refractivity contribution >= 4 is 35.0 Å². The van der Waals surface area contributed by atoms with Gasteiger partial charge in [-0.3, -0.25) is 19.7 Å². The Labute approximate surface area is 119 Å². The number of rotatable bonds is 3. The highest BCUT2D eigenvalue weighted by atomic mass is 35.5. The molecular weight excluding hydrogens is 284 g/mol. The summed E-state index contributed by atoms with van der Waals surface area (Å²) >= 11 is 5.82. The molecule has 2 rings (SSSR count). The molecule has 3 amide bonds. The lowest BCUT2D eigenvalue weighted by atomic mass is 10.1. The minimum Gasteiger partial charge on any atom is -0.366 e. The zero-order chi connectivity index (χ0) is 14.7. The van der Waals surface area contributed by atoms with Crippen LogP contribution in [-0.2, 0) is 9.59 Å². The molecule has 0 bridgehead atoms. The predicted octanol–water partition coefficient (Wildman–Crippen LogP) is -0.535. The summed E-state index contributed by atoms with van der Waals surface area (Å²) in [7, 11) is 0. The van der Waals surface area contributed by atoms with Crippen LogP contribution in [0.25, 0.3) is 0 Å². The highest BCUT2D eigenvalue weighted by Gasteiger charge is 2.23. The van der Waals surface area contributed by atoms with Crippen molar-refractivity contribution in [1.29, 1.82) is 0 Å². The maximum Gasteiger partial charge on any atom is 0.250 e. The molecular formula is C12H13ClN4O3. The van der Waals surface area contributed by atoms with Crippen LogP contribution >= 0.6 is 11.6 Å². The van der Waals surface area contributed by atoms with E-state index in [0.717, 1.165) is 0 Å². The van der Waals surface area contributed by atoms with E-state index in [-0.39, 0.29) is 35.5 Å². The van der Waals surface area contributed by atoms with Crippen LogP contribution in [0.5, 0.6) is 0 Å². The van der Waals surface area contributed by atoms with Crippen LogP contribution < -0.4 is 21.7 Å². The summed E-state index contributed by atoms with van der Waals surface area (Å²) in [6.45, 7) is 0.298. The summed E-state index contributed by atoms with van der Waals surface area (Å²) in [5.41, 5.74) is 5.72. The Hall–Kier alpha value is -2.12. The van der Waals surface area contributed by atoms with Crippen molar-refractivity contribution in [2.45, 2.75) is 6.04 Å². The topological polar surface area (TPSA) is 113 Å². The lowest BCUT2D eigenvalue weighted by Gasteiger charge is -2.23. The van der Waals surface area contributed by atoms with Gasteiger partial charge in [-0.1, -0.05) is 11.6 Å². The summed E-state index contributed by atoms with van der Waals surface area (Å²) in [6, 6.07) is 3.92. The highest BCUT2D eigenvalue weighted by Crippen LogP contribution is 2.20. The van der Waals surface area contributed by atoms with E-state index in [1.165, 1.54) is 12.1 Å². The molecule has 1 aromatic carbocycles. The first-order chi connectivity index (χ1) is 9.47. The normalized spacial score (nSPS) is 18.2. The van der Waals surface area contributed by atoms with Crippen LogP contribution in [-0.4, -0.2) is 36.9 Å². The van der Waals surface area contributed by atoms with Gasteiger partial charge in [-0.05, 0) is 18.2 Å². The number of benzene rings is 1. The van der Waals surface area contributed by atoms with Crippen LogP contribution in [0.1, 0.15) is 10.4 Å². The van der Waals surface area contributed by atoms with Crippen LogP contribution in [0.4, 0.5) is 5.69 Å². The molecule has 8 heteroatoms. The fourth-order valence-electron chi connectivity index (χ4n) is 1.77. The first kappa shape index (κ1) is 14.3. The lowest BCUT2D eigenvalue weighted by Crippen LogP contribution is -2.56. The number of carbonyl (C=O) groups excluding carboxylic acids is 3. The number of piperazine rings is 1. The van der Waals surface area contributed by atoms with E-state index in [9.17, 15) is 14.4 Å². The number of nitrogens with two attached hydrogens (primary N) is 1. The Morgan fingerprint density at radius 1 is 1.40 bits per heavy atom. The Bertz CT molecular complexity index is 566. The van der Waals surface area contributed by atoms with Gasteiger partial charge in [-0.25, -0.2) is 0 Å². The molecule has 1 aliphatic rings. The van der Waals surface area contributed by atoms with E-state index in [1.807, 2.05) is 0 Å². The molecule has 106 valence electrons. The first-order valence-electron chi connectivity index (χ1n) is 5.87. The summed E-state index contributed by atoms with van der Waals surface area (Å²) in [5, 5.41) is 8.23. The van der Waals surface area contributed by atoms with Gasteiger partial charge in [-0.2, -0.15) is 0 Å². The minimum absolute atomic E-state index is 0.0885. The molecule has 20 heavy (non-hydrogen) atoms. The van der Waals surface area contributed by atoms with Crippen LogP contribution in [0.3, 0.4) is 0 Å². The lowest BCUT2D eigenvalue weighted by molar-refractivity contribution is -0.124. The Kier molecular flexibility index (Phi) is 4.21. The second-order valence-electron chi connectivity index (χ2n) is 4.29. The maximum absolute atomic E-state index is 12.0. The van der Waals surface area contributed by atoms with Crippen molar-refractivity contribution in [3.63, 3.8) is 0 Å². The molecule has 0 radical (unpaired) electrons. The second kappa shape index (κ2) is 5.89. The van der Waals surface area contributed by atoms with Crippen molar-refractivity contribution in [3.05, 3.63) is 28.8 Å². The van der Waals surface area contributed by atoms with E-state index in [0.29, 0.717) is 5.69 Å². The monoisotopic (exact) mass is 296 g/mol. The molecule has 0 saturated carbocycles. The molecule has 1 heterocycles. The number of carbonyl (C=O) groups is 3. The van der Waals surface area contributed by atoms with E-state index in [2.05, 4.69) is 16.0 Å². The largest absolute Gasteiger partial charge is 0.366 e. The number of halogens is 1. The number of hydrogen-bond donors (Lipinski definition) is 4. The zero-order valence-corrected chi connectivity index (χ0v) is 11.2. The highest BCUT2D eigenvalue weighted by molar-refractivity contribution is 6.34. The predicted molar refractivity (Wildman–Crippen MR) is 73.4 cm³/mol. The van der Waals surface area contributed by atoms with Crippen LogP contribution in [0, 0.1) is 0 Å². The third-order valence-electron chi connectivity index (χ3n) is 2.83. The molecule has 7 nitrogen and oxygen atoms in total. The first-order valence-corrected chi connectivity index (χ1v) is 6.25. The summed E-state index contributed by atoms with van der Waals surface area (Å²) in [4.78, 5) is 34.1. The van der Waals surface area contributed by atoms with Gasteiger partial charge in [0.15, 0.2) is 0 Å². The fourth-order valence-corrected chi connectivity index (χ4v) is 1.98. The molecule has 1 atom stereocenters. The Morgan fingerprint density at radius 3 is 2.75 bits per heavy atom. The molecule has 1 aromatic rings. The number of hydrogen-bond acceptors (Lipinski definition) is 4. The van der Waals surface area contributed by atoms with E-state index < -0.39 is 11.9 Å². The standard InChI is InChI=1S/C12H13ClN4O3/c13-8-2-1-6(3-7(8)11(14)19)17-12(20)9-4-16-10(18)5-15-9/h1-3,9,15H,4-5H2,(H2,14,19)(H,16,18)(H,17,20). The van der Waals surface area contributed by atoms with Crippen LogP contribution in [0.2, 0.25) is 5.02 Å². The third-order valence-corrected chi connectivity index (χ3v) is 3.16. The van der Waals surface area contributed by atoms with Gasteiger partial charge in [0.25, 0.3) is 0 Å². The van der Waals surface area contributed by atoms with E-state index >= 15 is 0 Å². The van der Waals surface area contributed by atoms with Crippen molar-refractivity contribution < 1.29 is 14.4 Å². The summed E-state index contributed by atoms with van der Waals surface area (Å²) in [6.07, 6.45) is 0. The SMILES string of the molecule is NC(=O)c1cc(NC(=O)C2CNC(=O)CN2)ccc1Cl. The Morgan fingerprint density at radius 2 is 2.15 bits per heavy atom. The molecule has 5 N–H and O–H groups in total. The molecule has 0 aliphatic carbocycles. The van der Waals surface area contributed by atoms with Gasteiger partial charge < -0.3 is 16.4 Å². The quantitative estimate of drug-likeness (QED) is 0.600. The number of primary amides is 1. The van der Waals surface area contributed by atoms with Gasteiger partial charge in [0.2, 0.25) is 17.7 Å². The average molecular weight is 297 g/mol. The summed E-state index contributed by atoms with van der Waals surface area (Å²) < 4.78 is 0. The minimum atomic E-state index is -0.672. The molecule has 0 spiro atoms. The maximum atomic E-state index is 12.0. The smallest absolute Gasteiger partial charge is 0.250 e. The Balaban J connectivity index is 2.06. The third kappa shape index (κ3) is 3.25. The van der Waals surface area contributed by atoms with Gasteiger partial charge in [-0.15, -0.1) is 0 Å². The van der Waals surface area contributed by atoms with Gasteiger partial charge in [0, 0.05) is 12.2 Å².